The summed E-state index contributed by atoms with van der Waals surface area (Å²) in [6.07, 6.45) is 19.7. The van der Waals surface area contributed by atoms with Crippen LogP contribution in [-0.2, 0) is 0 Å². The van der Waals surface area contributed by atoms with E-state index in [2.05, 4.69) is 44.7 Å². The number of hydrogen-bond donors (Lipinski definition) is 0. The van der Waals surface area contributed by atoms with Crippen LogP contribution in [-0.4, -0.2) is 25.5 Å². The van der Waals surface area contributed by atoms with E-state index in [9.17, 15) is 0 Å². The van der Waals surface area contributed by atoms with Crippen molar-refractivity contribution in [3.8, 4) is 11.8 Å². The molecule has 0 bridgehead atoms. The quantitative estimate of drug-likeness (QED) is 0.323. The molecule has 2 unspecified atom stereocenters. The number of unbranched alkanes of at least 4 members (excludes halogenated alkanes) is 4. The molecule has 25 heavy (non-hydrogen) atoms. The van der Waals surface area contributed by atoms with Gasteiger partial charge in [0.1, 0.15) is 0 Å². The summed E-state index contributed by atoms with van der Waals surface area (Å²) in [7, 11) is 4.33. The molecule has 1 fully saturated rings. The molecule has 1 aliphatic carbocycles. The second-order valence-electron chi connectivity index (χ2n) is 8.80. The van der Waals surface area contributed by atoms with E-state index in [-0.39, 0.29) is 0 Å². The van der Waals surface area contributed by atoms with Crippen LogP contribution in [0.15, 0.2) is 0 Å². The van der Waals surface area contributed by atoms with Gasteiger partial charge in [-0.05, 0) is 52.2 Å². The summed E-state index contributed by atoms with van der Waals surface area (Å²) >= 11 is 0. The van der Waals surface area contributed by atoms with E-state index in [0.717, 1.165) is 5.92 Å². The lowest BCUT2D eigenvalue weighted by atomic mass is 9.85. The summed E-state index contributed by atoms with van der Waals surface area (Å²) in [6.45, 7) is 5.95. The van der Waals surface area contributed by atoms with E-state index in [1.807, 2.05) is 0 Å². The molecule has 1 heteroatoms. The van der Waals surface area contributed by atoms with Crippen LogP contribution in [0.2, 0.25) is 0 Å². The first-order valence-corrected chi connectivity index (χ1v) is 11.3. The van der Waals surface area contributed by atoms with Gasteiger partial charge in [0.15, 0.2) is 0 Å². The molecule has 1 rings (SSSR count). The van der Waals surface area contributed by atoms with Gasteiger partial charge < -0.3 is 4.90 Å². The fourth-order valence-corrected chi connectivity index (χ4v) is 4.04. The van der Waals surface area contributed by atoms with E-state index in [1.165, 1.54) is 96.4 Å². The Morgan fingerprint density at radius 1 is 0.760 bits per heavy atom. The molecule has 1 saturated carbocycles. The summed E-state index contributed by atoms with van der Waals surface area (Å²) in [6, 6.07) is 0. The van der Waals surface area contributed by atoms with Crippen LogP contribution in [0.5, 0.6) is 0 Å². The monoisotopic (exact) mass is 347 g/mol. The molecule has 0 spiro atoms. The molecule has 0 N–H and O–H groups in total. The highest BCUT2D eigenvalue weighted by atomic mass is 15.0. The van der Waals surface area contributed by atoms with Crippen LogP contribution < -0.4 is 0 Å². The Labute approximate surface area is 159 Å². The van der Waals surface area contributed by atoms with Gasteiger partial charge >= 0.3 is 0 Å². The molecule has 0 heterocycles. The van der Waals surface area contributed by atoms with Crippen LogP contribution in [0, 0.1) is 29.6 Å². The SMILES string of the molecule is CC(C#CC(C)C1CCCCCCCC1)CCCCCCCN(C)C. The number of nitrogens with zero attached hydrogens (tertiary/aromatic N) is 1. The van der Waals surface area contributed by atoms with E-state index < -0.39 is 0 Å². The van der Waals surface area contributed by atoms with Gasteiger partial charge in [-0.3, -0.25) is 0 Å². The highest BCUT2D eigenvalue weighted by molar-refractivity contribution is 5.06. The van der Waals surface area contributed by atoms with Crippen molar-refractivity contribution >= 4 is 0 Å². The van der Waals surface area contributed by atoms with Gasteiger partial charge in [-0.2, -0.15) is 0 Å². The first-order chi connectivity index (χ1) is 12.1. The second-order valence-corrected chi connectivity index (χ2v) is 8.80. The molecule has 0 aliphatic heterocycles. The Bertz CT molecular complexity index is 352. The summed E-state index contributed by atoms with van der Waals surface area (Å²) in [5.74, 6) is 9.27. The summed E-state index contributed by atoms with van der Waals surface area (Å²) < 4.78 is 0. The molecular formula is C24H45N. The van der Waals surface area contributed by atoms with Gasteiger partial charge in [0.05, 0.1) is 0 Å². The maximum Gasteiger partial charge on any atom is 0.0202 e. The number of rotatable bonds is 9. The summed E-state index contributed by atoms with van der Waals surface area (Å²) in [5.41, 5.74) is 0. The standard InChI is InChI=1S/C24H45N/c1-22(16-12-8-7-11-15-21-25(3)4)19-20-23(2)24-17-13-9-5-6-10-14-18-24/h22-24H,5-18,21H2,1-4H3. The van der Waals surface area contributed by atoms with Gasteiger partial charge in [-0.15, -0.1) is 0 Å². The molecule has 0 aromatic carbocycles. The van der Waals surface area contributed by atoms with E-state index in [4.69, 9.17) is 0 Å². The van der Waals surface area contributed by atoms with Crippen LogP contribution >= 0.6 is 0 Å². The second kappa shape index (κ2) is 14.7. The van der Waals surface area contributed by atoms with Crippen LogP contribution in [0.3, 0.4) is 0 Å². The lowest BCUT2D eigenvalue weighted by Gasteiger charge is -2.19. The predicted molar refractivity (Wildman–Crippen MR) is 113 cm³/mol. The Balaban J connectivity index is 2.16. The minimum atomic E-state index is 0.584. The third kappa shape index (κ3) is 12.5. The molecule has 0 saturated heterocycles. The highest BCUT2D eigenvalue weighted by Gasteiger charge is 2.16. The Hall–Kier alpha value is -0.480. The maximum atomic E-state index is 3.64. The molecular weight excluding hydrogens is 302 g/mol. The molecule has 1 nitrogen and oxygen atoms in total. The maximum absolute atomic E-state index is 3.64. The summed E-state index contributed by atoms with van der Waals surface area (Å²) in [4.78, 5) is 2.29. The molecule has 0 aromatic heterocycles. The first kappa shape index (κ1) is 22.6. The van der Waals surface area contributed by atoms with Crippen molar-refractivity contribution in [3.63, 3.8) is 0 Å². The molecule has 0 radical (unpaired) electrons. The molecule has 0 amide bonds. The van der Waals surface area contributed by atoms with E-state index in [0.29, 0.717) is 11.8 Å². The van der Waals surface area contributed by atoms with Crippen molar-refractivity contribution in [3.05, 3.63) is 0 Å². The van der Waals surface area contributed by atoms with E-state index in [1.54, 1.807) is 0 Å². The zero-order chi connectivity index (χ0) is 18.3. The zero-order valence-corrected chi connectivity index (χ0v) is 17.8. The van der Waals surface area contributed by atoms with Crippen molar-refractivity contribution < 1.29 is 0 Å². The van der Waals surface area contributed by atoms with Gasteiger partial charge in [-0.1, -0.05) is 89.9 Å². The largest absolute Gasteiger partial charge is 0.309 e. The third-order valence-electron chi connectivity index (χ3n) is 5.91. The number of hydrogen-bond acceptors (Lipinski definition) is 1. The van der Waals surface area contributed by atoms with E-state index >= 15 is 0 Å². The molecule has 0 aromatic rings. The fourth-order valence-electron chi connectivity index (χ4n) is 4.04. The Morgan fingerprint density at radius 3 is 1.96 bits per heavy atom. The highest BCUT2D eigenvalue weighted by Crippen LogP contribution is 2.27. The molecule has 146 valence electrons. The van der Waals surface area contributed by atoms with Crippen molar-refractivity contribution in [2.45, 2.75) is 104 Å². The predicted octanol–water partition coefficient (Wildman–Crippen LogP) is 6.91. The third-order valence-corrected chi connectivity index (χ3v) is 5.91. The lowest BCUT2D eigenvalue weighted by molar-refractivity contribution is 0.358. The van der Waals surface area contributed by atoms with Gasteiger partial charge in [0, 0.05) is 11.8 Å². The van der Waals surface area contributed by atoms with Gasteiger partial charge in [0.2, 0.25) is 0 Å². The molecule has 2 atom stereocenters. The Kier molecular flexibility index (Phi) is 13.2. The first-order valence-electron chi connectivity index (χ1n) is 11.3. The zero-order valence-electron chi connectivity index (χ0n) is 17.8. The van der Waals surface area contributed by atoms with Crippen molar-refractivity contribution in [1.29, 1.82) is 0 Å². The fraction of sp³-hybridized carbons (Fsp3) is 0.917. The van der Waals surface area contributed by atoms with Crippen molar-refractivity contribution in [1.82, 2.24) is 4.90 Å². The average Bonchev–Trinajstić information content (AvgIpc) is 2.72. The summed E-state index contributed by atoms with van der Waals surface area (Å²) in [5, 5.41) is 0. The van der Waals surface area contributed by atoms with Crippen LogP contribution in [0.4, 0.5) is 0 Å². The molecule has 1 aliphatic rings. The van der Waals surface area contributed by atoms with Gasteiger partial charge in [0.25, 0.3) is 0 Å². The topological polar surface area (TPSA) is 3.24 Å². The van der Waals surface area contributed by atoms with Gasteiger partial charge in [-0.25, -0.2) is 0 Å². The van der Waals surface area contributed by atoms with Crippen LogP contribution in [0.25, 0.3) is 0 Å². The normalized spacial score (nSPS) is 19.4. The lowest BCUT2D eigenvalue weighted by Crippen LogP contribution is -2.12. The van der Waals surface area contributed by atoms with Crippen molar-refractivity contribution in [2.24, 2.45) is 17.8 Å². The minimum absolute atomic E-state index is 0.584. The average molecular weight is 348 g/mol. The van der Waals surface area contributed by atoms with Crippen LogP contribution in [0.1, 0.15) is 104 Å². The smallest absolute Gasteiger partial charge is 0.0202 e. The minimum Gasteiger partial charge on any atom is -0.309 e. The van der Waals surface area contributed by atoms with Crippen molar-refractivity contribution in [2.75, 3.05) is 20.6 Å². The Morgan fingerprint density at radius 2 is 1.32 bits per heavy atom.